The van der Waals surface area contributed by atoms with Gasteiger partial charge in [-0.3, -0.25) is 0 Å². The highest BCUT2D eigenvalue weighted by Crippen LogP contribution is 2.60. The summed E-state index contributed by atoms with van der Waals surface area (Å²) < 4.78 is 0. The Balaban J connectivity index is 1.19. The van der Waals surface area contributed by atoms with Crippen LogP contribution in [0.5, 0.6) is 0 Å². The number of nitrogens with zero attached hydrogens (tertiary/aromatic N) is 1. The maximum absolute atomic E-state index is 2.53. The molecule has 1 heteroatoms. The van der Waals surface area contributed by atoms with Gasteiger partial charge in [0, 0.05) is 17.1 Å². The highest BCUT2D eigenvalue weighted by Gasteiger charge is 2.49. The van der Waals surface area contributed by atoms with Crippen LogP contribution >= 0.6 is 0 Å². The smallest absolute Gasteiger partial charge is 0.0714 e. The maximum atomic E-state index is 2.53. The summed E-state index contributed by atoms with van der Waals surface area (Å²) in [6.07, 6.45) is 0. The molecule has 0 bridgehead atoms. The molecule has 0 aromatic heterocycles. The van der Waals surface area contributed by atoms with Crippen molar-refractivity contribution >= 4 is 17.1 Å². The second-order valence-corrected chi connectivity index (χ2v) is 26.4. The van der Waals surface area contributed by atoms with Gasteiger partial charge >= 0.3 is 0 Å². The highest BCUT2D eigenvalue weighted by atomic mass is 15.1. The molecule has 382 valence electrons. The fraction of sp³-hybridized carbons (Fsp3) is 0.280. The number of fused-ring (bicyclic) bond motifs is 6. The second kappa shape index (κ2) is 18.2. The van der Waals surface area contributed by atoms with E-state index in [4.69, 9.17) is 0 Å². The van der Waals surface area contributed by atoms with Gasteiger partial charge < -0.3 is 4.90 Å². The van der Waals surface area contributed by atoms with Crippen LogP contribution in [0.3, 0.4) is 0 Å². The van der Waals surface area contributed by atoms with Gasteiger partial charge in [-0.1, -0.05) is 267 Å². The van der Waals surface area contributed by atoms with E-state index in [0.717, 1.165) is 17.1 Å². The Bertz CT molecular complexity index is 3260. The quantitative estimate of drug-likeness (QED) is 0.147. The molecule has 0 unspecified atom stereocenters. The Labute approximate surface area is 455 Å². The lowest BCUT2D eigenvalue weighted by molar-refractivity contribution is 0.588. The molecule has 0 N–H and O–H groups in total. The molecule has 1 nitrogen and oxygen atoms in total. The molecule has 9 aromatic carbocycles. The number of anilines is 3. The molecule has 0 atom stereocenters. The zero-order valence-corrected chi connectivity index (χ0v) is 47.7. The van der Waals surface area contributed by atoms with Crippen molar-refractivity contribution in [1.82, 2.24) is 0 Å². The molecular weight excluding hydrogens is 915 g/mol. The first-order chi connectivity index (χ1) is 36.0. The van der Waals surface area contributed by atoms with Crippen LogP contribution in [0.15, 0.2) is 206 Å². The van der Waals surface area contributed by atoms with E-state index in [1.54, 1.807) is 0 Å². The first-order valence-corrected chi connectivity index (χ1v) is 27.9. The summed E-state index contributed by atoms with van der Waals surface area (Å²) in [4.78, 5) is 2.53. The van der Waals surface area contributed by atoms with Crippen molar-refractivity contribution in [3.63, 3.8) is 0 Å². The summed E-state index contributed by atoms with van der Waals surface area (Å²) in [6.45, 7) is 32.3. The van der Waals surface area contributed by atoms with Crippen LogP contribution in [0.1, 0.15) is 175 Å². The van der Waals surface area contributed by atoms with E-state index in [2.05, 4.69) is 308 Å². The monoisotopic (exact) mass is 992 g/mol. The second-order valence-electron chi connectivity index (χ2n) is 26.4. The minimum atomic E-state index is -0.588. The Morgan fingerprint density at radius 3 is 0.855 bits per heavy atom. The van der Waals surface area contributed by atoms with E-state index in [1.807, 2.05) is 0 Å². The number of benzene rings is 9. The van der Waals surface area contributed by atoms with Gasteiger partial charge in [-0.15, -0.1) is 0 Å². The molecule has 11 rings (SSSR count). The number of rotatable bonds is 8. The van der Waals surface area contributed by atoms with E-state index in [0.29, 0.717) is 5.92 Å². The van der Waals surface area contributed by atoms with E-state index in [-0.39, 0.29) is 21.7 Å². The molecule has 76 heavy (non-hydrogen) atoms. The predicted molar refractivity (Wildman–Crippen MR) is 325 cm³/mol. The summed E-state index contributed by atoms with van der Waals surface area (Å²) in [5.41, 5.74) is 24.3. The third-order valence-electron chi connectivity index (χ3n) is 17.1. The van der Waals surface area contributed by atoms with Crippen LogP contribution in [0.4, 0.5) is 17.1 Å². The average Bonchev–Trinajstić information content (AvgIpc) is 4.08. The van der Waals surface area contributed by atoms with Gasteiger partial charge in [-0.25, -0.2) is 0 Å². The topological polar surface area (TPSA) is 3.24 Å². The SMILES string of the molecule is CC(C)c1ccc(N(c2ccc3c(c2)C(c2ccc(C(C)(C)C)cc2)(c2ccc(C(C)(C)C)cc2)c2ccccc2-3)c2ccc3c(c2)C(c2ccc(C(C)(C)C)cc2)(c2ccc(C(C)(C)C)cc2)c2ccccc2-3)cc1. The van der Waals surface area contributed by atoms with Crippen LogP contribution in [-0.4, -0.2) is 0 Å². The Kier molecular flexibility index (Phi) is 12.2. The third kappa shape index (κ3) is 8.28. The molecule has 0 saturated carbocycles. The zero-order chi connectivity index (χ0) is 53.7. The third-order valence-corrected chi connectivity index (χ3v) is 17.1. The number of hydrogen-bond donors (Lipinski definition) is 0. The van der Waals surface area contributed by atoms with Gasteiger partial charge in [-0.2, -0.15) is 0 Å². The molecule has 0 heterocycles. The summed E-state index contributed by atoms with van der Waals surface area (Å²) in [6, 6.07) is 80.6. The largest absolute Gasteiger partial charge is 0.310 e. The lowest BCUT2D eigenvalue weighted by Gasteiger charge is -2.36. The standard InChI is InChI=1S/C75H77N/c1-49(2)50-23-41-59(42-24-50)76(60-43-45-64-62-19-15-17-21-66(62)74(68(64)47-60,55-33-25-51(26-34-55)70(3,4)5)56-35-27-52(28-36-56)71(6,7)8)61-44-46-65-63-20-16-18-22-67(63)75(69(65)48-61,57-37-29-53(30-38-57)72(9,10)11)58-39-31-54(32-40-58)73(12,13)14/h15-49H,1-14H3. The van der Waals surface area contributed by atoms with Crippen molar-refractivity contribution in [3.05, 3.63) is 279 Å². The Morgan fingerprint density at radius 2 is 0.566 bits per heavy atom. The lowest BCUT2D eigenvalue weighted by Crippen LogP contribution is -2.29. The van der Waals surface area contributed by atoms with Gasteiger partial charge in [0.15, 0.2) is 0 Å². The Morgan fingerprint density at radius 1 is 0.289 bits per heavy atom. The van der Waals surface area contributed by atoms with Crippen molar-refractivity contribution < 1.29 is 0 Å². The fourth-order valence-corrected chi connectivity index (χ4v) is 12.7. The van der Waals surface area contributed by atoms with Crippen molar-refractivity contribution in [3.8, 4) is 22.3 Å². The molecule has 0 aliphatic heterocycles. The minimum Gasteiger partial charge on any atom is -0.310 e. The van der Waals surface area contributed by atoms with Crippen LogP contribution in [0.25, 0.3) is 22.3 Å². The van der Waals surface area contributed by atoms with Gasteiger partial charge in [0.2, 0.25) is 0 Å². The molecule has 0 spiro atoms. The Hall–Kier alpha value is -7.22. The molecular formula is C75H77N. The van der Waals surface area contributed by atoms with Crippen LogP contribution in [0, 0.1) is 0 Å². The normalized spacial score (nSPS) is 14.5. The van der Waals surface area contributed by atoms with Crippen molar-refractivity contribution in [2.45, 2.75) is 135 Å². The van der Waals surface area contributed by atoms with Crippen molar-refractivity contribution in [2.24, 2.45) is 0 Å². The van der Waals surface area contributed by atoms with Gasteiger partial charge in [-0.05, 0) is 159 Å². The predicted octanol–water partition coefficient (Wildman–Crippen LogP) is 20.2. The van der Waals surface area contributed by atoms with E-state index >= 15 is 0 Å². The van der Waals surface area contributed by atoms with Crippen LogP contribution < -0.4 is 4.90 Å². The van der Waals surface area contributed by atoms with Crippen molar-refractivity contribution in [1.29, 1.82) is 0 Å². The van der Waals surface area contributed by atoms with E-state index < -0.39 is 10.8 Å². The molecule has 9 aromatic rings. The first-order valence-electron chi connectivity index (χ1n) is 27.9. The van der Waals surface area contributed by atoms with Crippen LogP contribution in [-0.2, 0) is 32.5 Å². The molecule has 0 amide bonds. The van der Waals surface area contributed by atoms with Gasteiger partial charge in [0.05, 0.1) is 10.8 Å². The summed E-state index contributed by atoms with van der Waals surface area (Å²) >= 11 is 0. The van der Waals surface area contributed by atoms with E-state index in [1.165, 1.54) is 94.6 Å². The van der Waals surface area contributed by atoms with Gasteiger partial charge in [0.25, 0.3) is 0 Å². The summed E-state index contributed by atoms with van der Waals surface area (Å²) in [5, 5.41) is 0. The highest BCUT2D eigenvalue weighted by molar-refractivity contribution is 5.92. The molecule has 0 fully saturated rings. The fourth-order valence-electron chi connectivity index (χ4n) is 12.7. The summed E-state index contributed by atoms with van der Waals surface area (Å²) in [7, 11) is 0. The number of hydrogen-bond acceptors (Lipinski definition) is 1. The minimum absolute atomic E-state index is 0.0188. The zero-order valence-electron chi connectivity index (χ0n) is 47.7. The van der Waals surface area contributed by atoms with E-state index in [9.17, 15) is 0 Å². The molecule has 2 aliphatic rings. The maximum Gasteiger partial charge on any atom is 0.0714 e. The first kappa shape index (κ1) is 50.9. The van der Waals surface area contributed by atoms with Crippen molar-refractivity contribution in [2.75, 3.05) is 4.90 Å². The summed E-state index contributed by atoms with van der Waals surface area (Å²) in [5.74, 6) is 0.407. The molecule has 2 aliphatic carbocycles. The van der Waals surface area contributed by atoms with Gasteiger partial charge in [0.1, 0.15) is 0 Å². The molecule has 0 radical (unpaired) electrons. The van der Waals surface area contributed by atoms with Crippen LogP contribution in [0.2, 0.25) is 0 Å². The lowest BCUT2D eigenvalue weighted by atomic mass is 9.66. The molecule has 0 saturated heterocycles. The average molecular weight is 992 g/mol.